The first-order valence-corrected chi connectivity index (χ1v) is 9.76. The molecule has 5 heteroatoms. The van der Waals surface area contributed by atoms with Gasteiger partial charge in [-0.1, -0.05) is 51.4 Å². The van der Waals surface area contributed by atoms with Crippen LogP contribution in [0.3, 0.4) is 0 Å². The summed E-state index contributed by atoms with van der Waals surface area (Å²) in [7, 11) is 1.66. The van der Waals surface area contributed by atoms with Gasteiger partial charge in [0.05, 0.1) is 39.1 Å². The number of rotatable bonds is 15. The van der Waals surface area contributed by atoms with Crippen LogP contribution in [-0.4, -0.2) is 59.1 Å². The zero-order valence-corrected chi connectivity index (χ0v) is 15.4. The molecule has 1 saturated heterocycles. The molecular weight excluding hydrogens is 308 g/mol. The highest BCUT2D eigenvalue weighted by molar-refractivity contribution is 4.67. The molecule has 0 spiro atoms. The topological polar surface area (TPSA) is 49.5 Å². The van der Waals surface area contributed by atoms with Gasteiger partial charge in [0.15, 0.2) is 0 Å². The van der Waals surface area contributed by atoms with Crippen molar-refractivity contribution < 1.29 is 23.7 Å². The molecule has 2 atom stereocenters. The van der Waals surface area contributed by atoms with Crippen LogP contribution < -0.4 is 0 Å². The third kappa shape index (κ3) is 9.94. The number of ether oxygens (including phenoxy) is 5. The van der Waals surface area contributed by atoms with E-state index in [9.17, 15) is 0 Å². The van der Waals surface area contributed by atoms with E-state index in [0.29, 0.717) is 39.3 Å². The van der Waals surface area contributed by atoms with Crippen molar-refractivity contribution in [1.82, 2.24) is 0 Å². The fraction of sp³-hybridized carbons (Fsp3) is 1.00. The van der Waals surface area contributed by atoms with Crippen LogP contribution in [0.2, 0.25) is 0 Å². The van der Waals surface area contributed by atoms with Crippen molar-refractivity contribution in [3.8, 4) is 0 Å². The average Bonchev–Trinajstić information content (AvgIpc) is 3.44. The summed E-state index contributed by atoms with van der Waals surface area (Å²) in [6.45, 7) is 3.73. The minimum Gasteiger partial charge on any atom is -0.376 e. The van der Waals surface area contributed by atoms with Crippen LogP contribution >= 0.6 is 0 Å². The number of methoxy groups -OCH3 is 1. The van der Waals surface area contributed by atoms with Crippen molar-refractivity contribution in [2.45, 2.75) is 70.0 Å². The SMILES string of the molecule is COCO[C@@H](CCCCC1CCCCC1)COCCOC[C@@H]1CO1. The molecule has 0 amide bonds. The number of unbranched alkanes of at least 4 members (excludes halogenated alkanes) is 1. The molecule has 1 aliphatic carbocycles. The summed E-state index contributed by atoms with van der Waals surface area (Å²) in [5.41, 5.74) is 0. The van der Waals surface area contributed by atoms with Gasteiger partial charge >= 0.3 is 0 Å². The smallest absolute Gasteiger partial charge is 0.146 e. The lowest BCUT2D eigenvalue weighted by molar-refractivity contribution is -0.103. The quantitative estimate of drug-likeness (QED) is 0.258. The molecule has 2 fully saturated rings. The lowest BCUT2D eigenvalue weighted by Gasteiger charge is -2.22. The lowest BCUT2D eigenvalue weighted by Crippen LogP contribution is -2.22. The summed E-state index contributed by atoms with van der Waals surface area (Å²) >= 11 is 0. The predicted molar refractivity (Wildman–Crippen MR) is 93.2 cm³/mol. The Labute approximate surface area is 147 Å². The van der Waals surface area contributed by atoms with Crippen LogP contribution in [0.25, 0.3) is 0 Å². The second-order valence-electron chi connectivity index (χ2n) is 7.09. The first-order chi connectivity index (χ1) is 11.9. The minimum absolute atomic E-state index is 0.128. The standard InChI is InChI=1S/C19H36O5/c1-20-16-24-18(13-21-11-12-22-14-19-15-23-19)10-6-5-9-17-7-3-2-4-8-17/h17-19H,2-16H2,1H3/t18-,19+/m0/s1. The van der Waals surface area contributed by atoms with Crippen molar-refractivity contribution in [3.05, 3.63) is 0 Å². The van der Waals surface area contributed by atoms with E-state index in [4.69, 9.17) is 23.7 Å². The molecule has 24 heavy (non-hydrogen) atoms. The first kappa shape index (κ1) is 20.1. The Morgan fingerprint density at radius 3 is 2.58 bits per heavy atom. The van der Waals surface area contributed by atoms with Crippen LogP contribution in [0, 0.1) is 5.92 Å². The maximum atomic E-state index is 5.73. The largest absolute Gasteiger partial charge is 0.376 e. The Morgan fingerprint density at radius 2 is 1.83 bits per heavy atom. The lowest BCUT2D eigenvalue weighted by atomic mass is 9.85. The zero-order chi connectivity index (χ0) is 16.9. The monoisotopic (exact) mass is 344 g/mol. The Kier molecular flexibility index (Phi) is 10.9. The van der Waals surface area contributed by atoms with E-state index < -0.39 is 0 Å². The molecule has 0 unspecified atom stereocenters. The van der Waals surface area contributed by atoms with Gasteiger partial charge in [0.25, 0.3) is 0 Å². The van der Waals surface area contributed by atoms with Gasteiger partial charge in [0, 0.05) is 7.11 Å². The second-order valence-corrected chi connectivity index (χ2v) is 7.09. The molecule has 0 bridgehead atoms. The van der Waals surface area contributed by atoms with Crippen molar-refractivity contribution in [2.24, 2.45) is 5.92 Å². The minimum atomic E-state index is 0.128. The Balaban J connectivity index is 1.46. The van der Waals surface area contributed by atoms with Crippen LogP contribution in [0.15, 0.2) is 0 Å². The number of hydrogen-bond acceptors (Lipinski definition) is 5. The van der Waals surface area contributed by atoms with E-state index in [1.807, 2.05) is 0 Å². The van der Waals surface area contributed by atoms with Gasteiger partial charge in [0.1, 0.15) is 12.9 Å². The van der Waals surface area contributed by atoms with Gasteiger partial charge < -0.3 is 23.7 Å². The Morgan fingerprint density at radius 1 is 1.04 bits per heavy atom. The van der Waals surface area contributed by atoms with Gasteiger partial charge in [-0.2, -0.15) is 0 Å². The third-order valence-corrected chi connectivity index (χ3v) is 4.92. The molecule has 2 aliphatic rings. The molecule has 2 rings (SSSR count). The highest BCUT2D eigenvalue weighted by Gasteiger charge is 2.22. The molecule has 0 aromatic heterocycles. The Bertz CT molecular complexity index is 289. The molecule has 0 aromatic rings. The number of hydrogen-bond donors (Lipinski definition) is 0. The van der Waals surface area contributed by atoms with Crippen molar-refractivity contribution in [1.29, 1.82) is 0 Å². The molecule has 1 saturated carbocycles. The molecule has 5 nitrogen and oxygen atoms in total. The molecule has 0 radical (unpaired) electrons. The molecule has 0 N–H and O–H groups in total. The Hall–Kier alpha value is -0.200. The fourth-order valence-corrected chi connectivity index (χ4v) is 3.37. The predicted octanol–water partition coefficient (Wildman–Crippen LogP) is 3.55. The van der Waals surface area contributed by atoms with Crippen molar-refractivity contribution in [3.63, 3.8) is 0 Å². The molecular formula is C19H36O5. The molecule has 1 aliphatic heterocycles. The maximum absolute atomic E-state index is 5.73. The summed E-state index contributed by atoms with van der Waals surface area (Å²) in [6, 6.07) is 0. The zero-order valence-electron chi connectivity index (χ0n) is 15.4. The van der Waals surface area contributed by atoms with Gasteiger partial charge in [-0.25, -0.2) is 0 Å². The first-order valence-electron chi connectivity index (χ1n) is 9.76. The van der Waals surface area contributed by atoms with E-state index in [1.165, 1.54) is 51.4 Å². The van der Waals surface area contributed by atoms with Crippen LogP contribution in [0.4, 0.5) is 0 Å². The molecule has 142 valence electrons. The normalized spacial score (nSPS) is 22.6. The summed E-state index contributed by atoms with van der Waals surface area (Å²) < 4.78 is 27.0. The van der Waals surface area contributed by atoms with Crippen LogP contribution in [-0.2, 0) is 23.7 Å². The van der Waals surface area contributed by atoms with Gasteiger partial charge in [-0.15, -0.1) is 0 Å². The third-order valence-electron chi connectivity index (χ3n) is 4.92. The number of epoxide rings is 1. The summed E-state index contributed by atoms with van der Waals surface area (Å²) in [5, 5.41) is 0. The van der Waals surface area contributed by atoms with Crippen LogP contribution in [0.5, 0.6) is 0 Å². The highest BCUT2D eigenvalue weighted by Crippen LogP contribution is 2.28. The van der Waals surface area contributed by atoms with Crippen molar-refractivity contribution >= 4 is 0 Å². The van der Waals surface area contributed by atoms with Crippen LogP contribution in [0.1, 0.15) is 57.8 Å². The van der Waals surface area contributed by atoms with Gasteiger partial charge in [0.2, 0.25) is 0 Å². The molecule has 1 heterocycles. The van der Waals surface area contributed by atoms with Gasteiger partial charge in [-0.05, 0) is 12.3 Å². The van der Waals surface area contributed by atoms with E-state index >= 15 is 0 Å². The second kappa shape index (κ2) is 13.1. The van der Waals surface area contributed by atoms with E-state index in [-0.39, 0.29) is 6.10 Å². The maximum Gasteiger partial charge on any atom is 0.146 e. The summed E-state index contributed by atoms with van der Waals surface area (Å²) in [5.74, 6) is 0.973. The van der Waals surface area contributed by atoms with E-state index in [2.05, 4.69) is 0 Å². The highest BCUT2D eigenvalue weighted by atomic mass is 16.7. The van der Waals surface area contributed by atoms with E-state index in [1.54, 1.807) is 7.11 Å². The summed E-state index contributed by atoms with van der Waals surface area (Å²) in [6.07, 6.45) is 12.6. The van der Waals surface area contributed by atoms with Gasteiger partial charge in [-0.3, -0.25) is 0 Å². The van der Waals surface area contributed by atoms with Crippen molar-refractivity contribution in [2.75, 3.05) is 46.9 Å². The fourth-order valence-electron chi connectivity index (χ4n) is 3.37. The van der Waals surface area contributed by atoms with E-state index in [0.717, 1.165) is 18.9 Å². The summed E-state index contributed by atoms with van der Waals surface area (Å²) in [4.78, 5) is 0. The molecule has 0 aromatic carbocycles. The average molecular weight is 344 g/mol.